The Morgan fingerprint density at radius 3 is 2.38 bits per heavy atom. The second-order valence-corrected chi connectivity index (χ2v) is 4.05. The third-order valence-corrected chi connectivity index (χ3v) is 2.67. The Balaban J connectivity index is 2.15. The van der Waals surface area contributed by atoms with E-state index in [2.05, 4.69) is 15.5 Å². The summed E-state index contributed by atoms with van der Waals surface area (Å²) in [5.74, 6) is 4.69. The predicted molar refractivity (Wildman–Crippen MR) is 75.3 cm³/mol. The Labute approximate surface area is 119 Å². The number of carbonyl (C=O) groups excluding carboxylic acids is 1. The smallest absolute Gasteiger partial charge is 0.387 e. The number of hydrogen-bond donors (Lipinski definition) is 3. The number of rotatable bonds is 5. The Morgan fingerprint density at radius 2 is 1.76 bits per heavy atom. The van der Waals surface area contributed by atoms with Crippen molar-refractivity contribution in [2.75, 3.05) is 10.7 Å². The molecule has 21 heavy (non-hydrogen) atoms. The Hall–Kier alpha value is -2.67. The molecule has 0 saturated carbocycles. The highest BCUT2D eigenvalue weighted by molar-refractivity contribution is 6.05. The van der Waals surface area contributed by atoms with E-state index in [0.717, 1.165) is 0 Å². The number of para-hydroxylation sites is 2. The zero-order valence-corrected chi connectivity index (χ0v) is 10.8. The SMILES string of the molecule is NNc1ccc(C(=O)Nc2ccccc2OC(F)F)cc1. The van der Waals surface area contributed by atoms with E-state index in [0.29, 0.717) is 11.3 Å². The molecule has 4 N–H and O–H groups in total. The van der Waals surface area contributed by atoms with Crippen molar-refractivity contribution >= 4 is 17.3 Å². The van der Waals surface area contributed by atoms with Gasteiger partial charge in [0.05, 0.1) is 5.69 Å². The number of nitrogen functional groups attached to an aromatic ring is 1. The van der Waals surface area contributed by atoms with E-state index in [9.17, 15) is 13.6 Å². The molecule has 110 valence electrons. The molecule has 0 bridgehead atoms. The summed E-state index contributed by atoms with van der Waals surface area (Å²) in [6, 6.07) is 12.3. The first-order chi connectivity index (χ1) is 10.1. The van der Waals surface area contributed by atoms with Crippen LogP contribution in [0.25, 0.3) is 0 Å². The molecule has 0 aromatic heterocycles. The molecule has 0 radical (unpaired) electrons. The number of benzene rings is 2. The molecule has 0 heterocycles. The maximum Gasteiger partial charge on any atom is 0.387 e. The van der Waals surface area contributed by atoms with E-state index in [-0.39, 0.29) is 11.4 Å². The molecule has 0 aliphatic rings. The number of hydrogen-bond acceptors (Lipinski definition) is 4. The zero-order chi connectivity index (χ0) is 15.2. The molecule has 1 amide bonds. The molecule has 0 aliphatic heterocycles. The van der Waals surface area contributed by atoms with Crippen molar-refractivity contribution in [3.8, 4) is 5.75 Å². The Bertz CT molecular complexity index is 618. The minimum absolute atomic E-state index is 0.0962. The Morgan fingerprint density at radius 1 is 1.10 bits per heavy atom. The quantitative estimate of drug-likeness (QED) is 0.585. The van der Waals surface area contributed by atoms with Crippen molar-refractivity contribution in [2.45, 2.75) is 6.61 Å². The summed E-state index contributed by atoms with van der Waals surface area (Å²) >= 11 is 0. The van der Waals surface area contributed by atoms with Crippen molar-refractivity contribution in [2.24, 2.45) is 5.84 Å². The van der Waals surface area contributed by atoms with Gasteiger partial charge in [0.1, 0.15) is 5.75 Å². The fourth-order valence-corrected chi connectivity index (χ4v) is 1.68. The number of anilines is 2. The number of ether oxygens (including phenoxy) is 1. The summed E-state index contributed by atoms with van der Waals surface area (Å²) in [4.78, 5) is 12.0. The first kappa shape index (κ1) is 14.7. The van der Waals surface area contributed by atoms with E-state index in [1.54, 1.807) is 30.3 Å². The van der Waals surface area contributed by atoms with Crippen molar-refractivity contribution in [1.29, 1.82) is 0 Å². The van der Waals surface area contributed by atoms with Crippen molar-refractivity contribution in [3.63, 3.8) is 0 Å². The number of carbonyl (C=O) groups is 1. The molecule has 2 aromatic carbocycles. The van der Waals surface area contributed by atoms with Gasteiger partial charge in [-0.25, -0.2) is 0 Å². The molecular weight excluding hydrogens is 280 g/mol. The average Bonchev–Trinajstić information content (AvgIpc) is 2.49. The number of halogens is 2. The van der Waals surface area contributed by atoms with Crippen molar-refractivity contribution < 1.29 is 18.3 Å². The highest BCUT2D eigenvalue weighted by Crippen LogP contribution is 2.26. The molecule has 0 atom stereocenters. The number of amides is 1. The molecule has 0 spiro atoms. The van der Waals surface area contributed by atoms with Crippen LogP contribution >= 0.6 is 0 Å². The predicted octanol–water partition coefficient (Wildman–Crippen LogP) is 2.83. The van der Waals surface area contributed by atoms with Crippen LogP contribution in [0.4, 0.5) is 20.2 Å². The monoisotopic (exact) mass is 293 g/mol. The van der Waals surface area contributed by atoms with Crippen molar-refractivity contribution in [1.82, 2.24) is 0 Å². The molecular formula is C14H13F2N3O2. The van der Waals surface area contributed by atoms with Crippen LogP contribution in [0.1, 0.15) is 10.4 Å². The topological polar surface area (TPSA) is 76.4 Å². The normalized spacial score (nSPS) is 10.3. The summed E-state index contributed by atoms with van der Waals surface area (Å²) in [6.07, 6.45) is 0. The van der Waals surface area contributed by atoms with E-state index < -0.39 is 12.5 Å². The van der Waals surface area contributed by atoms with E-state index >= 15 is 0 Å². The van der Waals surface area contributed by atoms with Gasteiger partial charge in [-0.15, -0.1) is 0 Å². The second-order valence-electron chi connectivity index (χ2n) is 4.05. The van der Waals surface area contributed by atoms with Gasteiger partial charge in [0.25, 0.3) is 5.91 Å². The van der Waals surface area contributed by atoms with Gasteiger partial charge in [0.2, 0.25) is 0 Å². The third kappa shape index (κ3) is 3.90. The third-order valence-electron chi connectivity index (χ3n) is 2.67. The fraction of sp³-hybridized carbons (Fsp3) is 0.0714. The minimum atomic E-state index is -2.96. The number of hydrazine groups is 1. The number of nitrogens with one attached hydrogen (secondary N) is 2. The molecule has 0 saturated heterocycles. The lowest BCUT2D eigenvalue weighted by Gasteiger charge is -2.11. The van der Waals surface area contributed by atoms with Gasteiger partial charge < -0.3 is 15.5 Å². The molecule has 2 aromatic rings. The molecule has 2 rings (SSSR count). The van der Waals surface area contributed by atoms with Crippen LogP contribution < -0.4 is 21.3 Å². The number of alkyl halides is 2. The first-order valence-corrected chi connectivity index (χ1v) is 6.02. The van der Waals surface area contributed by atoms with Gasteiger partial charge in [0, 0.05) is 11.3 Å². The summed E-state index contributed by atoms with van der Waals surface area (Å²) in [5.41, 5.74) is 3.62. The Kier molecular flexibility index (Phi) is 4.68. The highest BCUT2D eigenvalue weighted by Gasteiger charge is 2.12. The van der Waals surface area contributed by atoms with Gasteiger partial charge >= 0.3 is 6.61 Å². The molecule has 0 unspecified atom stereocenters. The lowest BCUT2D eigenvalue weighted by Crippen LogP contribution is -2.14. The van der Waals surface area contributed by atoms with Gasteiger partial charge in [-0.1, -0.05) is 12.1 Å². The summed E-state index contributed by atoms with van der Waals surface area (Å²) in [5, 5.41) is 2.52. The maximum atomic E-state index is 12.3. The summed E-state index contributed by atoms with van der Waals surface area (Å²) in [6.45, 7) is -2.96. The van der Waals surface area contributed by atoms with Crippen LogP contribution in [-0.2, 0) is 0 Å². The zero-order valence-electron chi connectivity index (χ0n) is 10.8. The largest absolute Gasteiger partial charge is 0.433 e. The highest BCUT2D eigenvalue weighted by atomic mass is 19.3. The summed E-state index contributed by atoms with van der Waals surface area (Å²) in [7, 11) is 0. The van der Waals surface area contributed by atoms with Crippen LogP contribution in [0.3, 0.4) is 0 Å². The van der Waals surface area contributed by atoms with Gasteiger partial charge in [-0.05, 0) is 36.4 Å². The molecule has 7 heteroatoms. The molecule has 0 aliphatic carbocycles. The van der Waals surface area contributed by atoms with Crippen LogP contribution in [0.5, 0.6) is 5.75 Å². The molecule has 5 nitrogen and oxygen atoms in total. The van der Waals surface area contributed by atoms with Crippen LogP contribution in [-0.4, -0.2) is 12.5 Å². The maximum absolute atomic E-state index is 12.3. The van der Waals surface area contributed by atoms with Gasteiger partial charge in [-0.3, -0.25) is 10.6 Å². The lowest BCUT2D eigenvalue weighted by atomic mass is 10.2. The van der Waals surface area contributed by atoms with Crippen LogP contribution in [0.15, 0.2) is 48.5 Å². The molecule has 0 fully saturated rings. The fourth-order valence-electron chi connectivity index (χ4n) is 1.68. The summed E-state index contributed by atoms with van der Waals surface area (Å²) < 4.78 is 28.9. The van der Waals surface area contributed by atoms with Gasteiger partial charge in [0.15, 0.2) is 0 Å². The van der Waals surface area contributed by atoms with Crippen molar-refractivity contribution in [3.05, 3.63) is 54.1 Å². The van der Waals surface area contributed by atoms with E-state index in [1.807, 2.05) is 0 Å². The average molecular weight is 293 g/mol. The van der Waals surface area contributed by atoms with E-state index in [4.69, 9.17) is 5.84 Å². The second kappa shape index (κ2) is 6.67. The lowest BCUT2D eigenvalue weighted by molar-refractivity contribution is -0.0493. The first-order valence-electron chi connectivity index (χ1n) is 6.02. The number of nitrogens with two attached hydrogens (primary N) is 1. The van der Waals surface area contributed by atoms with Crippen LogP contribution in [0.2, 0.25) is 0 Å². The van der Waals surface area contributed by atoms with Gasteiger partial charge in [-0.2, -0.15) is 8.78 Å². The van der Waals surface area contributed by atoms with E-state index in [1.165, 1.54) is 18.2 Å². The minimum Gasteiger partial charge on any atom is -0.433 e. The van der Waals surface area contributed by atoms with Crippen LogP contribution in [0, 0.1) is 0 Å². The standard InChI is InChI=1S/C14H13F2N3O2/c15-14(16)21-12-4-2-1-3-11(12)18-13(20)9-5-7-10(19-17)8-6-9/h1-8,14,19H,17H2,(H,18,20).